The van der Waals surface area contributed by atoms with Gasteiger partial charge in [0.15, 0.2) is 0 Å². The lowest BCUT2D eigenvalue weighted by molar-refractivity contribution is 0.600. The quantitative estimate of drug-likeness (QED) is 0.715. The summed E-state index contributed by atoms with van der Waals surface area (Å²) >= 11 is 0. The van der Waals surface area contributed by atoms with E-state index in [1.54, 1.807) is 44.2 Å². The second kappa shape index (κ2) is 6.01. The molecule has 2 rings (SSSR count). The van der Waals surface area contributed by atoms with Crippen LogP contribution in [0.15, 0.2) is 41.8 Å². The lowest BCUT2D eigenvalue weighted by atomic mass is 10.3. The monoisotopic (exact) mass is 306 g/mol. The van der Waals surface area contributed by atoms with Crippen LogP contribution in [-0.2, 0) is 10.0 Å². The van der Waals surface area contributed by atoms with E-state index in [2.05, 4.69) is 26.8 Å². The van der Waals surface area contributed by atoms with Gasteiger partial charge in [-0.25, -0.2) is 8.42 Å². The van der Waals surface area contributed by atoms with Gasteiger partial charge in [0.1, 0.15) is 4.90 Å². The van der Waals surface area contributed by atoms with E-state index in [0.29, 0.717) is 23.6 Å². The number of hydrogen-bond acceptors (Lipinski definition) is 4. The van der Waals surface area contributed by atoms with Crippen molar-refractivity contribution in [3.05, 3.63) is 48.3 Å². The van der Waals surface area contributed by atoms with Crippen LogP contribution < -0.4 is 10.0 Å². The summed E-state index contributed by atoms with van der Waals surface area (Å²) in [5.41, 5.74) is 2.36. The van der Waals surface area contributed by atoms with Gasteiger partial charge < -0.3 is 5.32 Å². The third-order valence-electron chi connectivity index (χ3n) is 2.92. The molecule has 1 aromatic heterocycles. The first kappa shape index (κ1) is 15.1. The molecule has 7 heteroatoms. The van der Waals surface area contributed by atoms with Crippen LogP contribution in [0.1, 0.15) is 11.4 Å². The highest BCUT2D eigenvalue weighted by Crippen LogP contribution is 2.21. The Kier molecular flexibility index (Phi) is 4.32. The molecule has 0 aliphatic rings. The largest absolute Gasteiger partial charge is 0.382 e. The highest BCUT2D eigenvalue weighted by atomic mass is 32.2. The molecule has 0 saturated heterocycles. The topological polar surface area (TPSA) is 86.9 Å². The lowest BCUT2D eigenvalue weighted by Gasteiger charge is -2.09. The molecule has 2 aromatic rings. The Morgan fingerprint density at radius 3 is 2.38 bits per heavy atom. The normalized spacial score (nSPS) is 11.1. The fourth-order valence-corrected chi connectivity index (χ4v) is 3.42. The number of hydrogen-bond donors (Lipinski definition) is 3. The first-order chi connectivity index (χ1) is 9.94. The molecule has 0 unspecified atom stereocenters. The zero-order valence-electron chi connectivity index (χ0n) is 12.0. The summed E-state index contributed by atoms with van der Waals surface area (Å²) in [6.45, 7) is 7.61. The maximum atomic E-state index is 12.4. The molecule has 0 atom stereocenters. The van der Waals surface area contributed by atoms with E-state index in [0.717, 1.165) is 5.69 Å². The second-order valence-electron chi connectivity index (χ2n) is 4.62. The second-order valence-corrected chi connectivity index (χ2v) is 6.23. The van der Waals surface area contributed by atoms with Gasteiger partial charge >= 0.3 is 0 Å². The molecular weight excluding hydrogens is 288 g/mol. The van der Waals surface area contributed by atoms with Crippen LogP contribution in [0.4, 0.5) is 11.4 Å². The Labute approximate surface area is 124 Å². The van der Waals surface area contributed by atoms with Crippen LogP contribution in [0.5, 0.6) is 0 Å². The van der Waals surface area contributed by atoms with Gasteiger partial charge in [0, 0.05) is 17.9 Å². The Balaban J connectivity index is 2.19. The van der Waals surface area contributed by atoms with Gasteiger partial charge in [-0.2, -0.15) is 5.10 Å². The Morgan fingerprint density at radius 1 is 1.24 bits per heavy atom. The molecule has 0 aliphatic carbocycles. The van der Waals surface area contributed by atoms with Crippen LogP contribution in [0.3, 0.4) is 0 Å². The van der Waals surface area contributed by atoms with E-state index in [4.69, 9.17) is 0 Å². The number of rotatable bonds is 6. The minimum atomic E-state index is -3.64. The summed E-state index contributed by atoms with van der Waals surface area (Å²) in [7, 11) is -3.64. The minimum absolute atomic E-state index is 0.191. The maximum absolute atomic E-state index is 12.4. The van der Waals surface area contributed by atoms with Gasteiger partial charge in [-0.05, 0) is 38.1 Å². The highest BCUT2D eigenvalue weighted by Gasteiger charge is 2.22. The average molecular weight is 306 g/mol. The van der Waals surface area contributed by atoms with Crippen molar-refractivity contribution >= 4 is 21.4 Å². The smallest absolute Gasteiger partial charge is 0.265 e. The van der Waals surface area contributed by atoms with Crippen molar-refractivity contribution in [2.75, 3.05) is 16.6 Å². The van der Waals surface area contributed by atoms with E-state index < -0.39 is 10.0 Å². The number of benzene rings is 1. The van der Waals surface area contributed by atoms with E-state index in [1.165, 1.54) is 0 Å². The van der Waals surface area contributed by atoms with E-state index >= 15 is 0 Å². The lowest BCUT2D eigenvalue weighted by Crippen LogP contribution is -2.14. The molecule has 0 saturated carbocycles. The number of sulfonamides is 1. The zero-order chi connectivity index (χ0) is 15.5. The molecule has 1 heterocycles. The first-order valence-corrected chi connectivity index (χ1v) is 7.91. The van der Waals surface area contributed by atoms with Crippen molar-refractivity contribution in [2.45, 2.75) is 18.7 Å². The maximum Gasteiger partial charge on any atom is 0.265 e. The van der Waals surface area contributed by atoms with Crippen molar-refractivity contribution in [3.8, 4) is 0 Å². The molecule has 6 nitrogen and oxygen atoms in total. The highest BCUT2D eigenvalue weighted by molar-refractivity contribution is 7.92. The van der Waals surface area contributed by atoms with Gasteiger partial charge in [0.05, 0.1) is 11.4 Å². The third-order valence-corrected chi connectivity index (χ3v) is 4.56. The summed E-state index contributed by atoms with van der Waals surface area (Å²) in [6, 6.07) is 7.01. The van der Waals surface area contributed by atoms with Crippen molar-refractivity contribution in [3.63, 3.8) is 0 Å². The van der Waals surface area contributed by atoms with Crippen molar-refractivity contribution in [1.82, 2.24) is 10.2 Å². The standard InChI is InChI=1S/C14H18N4O2S/c1-4-9-15-12-5-7-13(8-6-12)18-21(19,20)14-10(2)16-17-11(14)3/h4-8,15,18H,1,9H2,2-3H3,(H,16,17). The molecule has 21 heavy (non-hydrogen) atoms. The number of aromatic amines is 1. The molecule has 0 amide bonds. The van der Waals surface area contributed by atoms with Crippen LogP contribution in [0, 0.1) is 13.8 Å². The summed E-state index contributed by atoms with van der Waals surface area (Å²) < 4.78 is 27.3. The first-order valence-electron chi connectivity index (χ1n) is 6.43. The van der Waals surface area contributed by atoms with E-state index in [1.807, 2.05) is 0 Å². The Bertz CT molecular complexity index is 713. The number of anilines is 2. The number of aromatic nitrogens is 2. The number of H-pyrrole nitrogens is 1. The average Bonchev–Trinajstić information content (AvgIpc) is 2.77. The predicted molar refractivity (Wildman–Crippen MR) is 84.0 cm³/mol. The van der Waals surface area contributed by atoms with Crippen molar-refractivity contribution in [2.24, 2.45) is 0 Å². The molecule has 0 bridgehead atoms. The molecule has 0 aliphatic heterocycles. The number of aryl methyl sites for hydroxylation is 2. The summed E-state index contributed by atoms with van der Waals surface area (Å²) in [6.07, 6.45) is 1.75. The van der Waals surface area contributed by atoms with E-state index in [-0.39, 0.29) is 4.90 Å². The van der Waals surface area contributed by atoms with Gasteiger partial charge in [-0.15, -0.1) is 6.58 Å². The fourth-order valence-electron chi connectivity index (χ4n) is 1.99. The Hall–Kier alpha value is -2.28. The van der Waals surface area contributed by atoms with Crippen LogP contribution in [0.2, 0.25) is 0 Å². The van der Waals surface area contributed by atoms with Gasteiger partial charge in [0.2, 0.25) is 0 Å². The fraction of sp³-hybridized carbons (Fsp3) is 0.214. The van der Waals surface area contributed by atoms with Crippen LogP contribution in [-0.4, -0.2) is 25.2 Å². The molecular formula is C14H18N4O2S. The number of nitrogens with one attached hydrogen (secondary N) is 3. The summed E-state index contributed by atoms with van der Waals surface area (Å²) in [5, 5.41) is 9.70. The van der Waals surface area contributed by atoms with Crippen molar-refractivity contribution in [1.29, 1.82) is 0 Å². The molecule has 112 valence electrons. The van der Waals surface area contributed by atoms with Crippen molar-refractivity contribution < 1.29 is 8.42 Å². The predicted octanol–water partition coefficient (Wildman–Crippen LogP) is 2.43. The minimum Gasteiger partial charge on any atom is -0.382 e. The Morgan fingerprint density at radius 2 is 1.86 bits per heavy atom. The van der Waals surface area contributed by atoms with Crippen LogP contribution in [0.25, 0.3) is 0 Å². The molecule has 1 aromatic carbocycles. The van der Waals surface area contributed by atoms with Gasteiger partial charge in [-0.1, -0.05) is 6.08 Å². The van der Waals surface area contributed by atoms with Gasteiger partial charge in [-0.3, -0.25) is 9.82 Å². The summed E-state index contributed by atoms with van der Waals surface area (Å²) in [5.74, 6) is 0. The summed E-state index contributed by atoms with van der Waals surface area (Å²) in [4.78, 5) is 0.191. The molecule has 0 fully saturated rings. The molecule has 0 spiro atoms. The SMILES string of the molecule is C=CCNc1ccc(NS(=O)(=O)c2c(C)n[nH]c2C)cc1. The molecule has 3 N–H and O–H groups in total. The molecule has 0 radical (unpaired) electrons. The van der Waals surface area contributed by atoms with Crippen LogP contribution >= 0.6 is 0 Å². The third kappa shape index (κ3) is 3.43. The van der Waals surface area contributed by atoms with E-state index in [9.17, 15) is 8.42 Å². The van der Waals surface area contributed by atoms with Gasteiger partial charge in [0.25, 0.3) is 10.0 Å². The zero-order valence-corrected chi connectivity index (χ0v) is 12.8. The number of nitrogens with zero attached hydrogens (tertiary/aromatic N) is 1.